The molecule has 236 valence electrons. The van der Waals surface area contributed by atoms with Gasteiger partial charge in [-0.15, -0.1) is 0 Å². The summed E-state index contributed by atoms with van der Waals surface area (Å²) in [5.74, 6) is -0.0329. The van der Waals surface area contributed by atoms with Gasteiger partial charge in [0, 0.05) is 54.2 Å². The lowest BCUT2D eigenvalue weighted by Gasteiger charge is -2.33. The number of aromatic nitrogens is 3. The summed E-state index contributed by atoms with van der Waals surface area (Å²) in [6, 6.07) is 6.35. The number of carbonyl (C=O) groups is 3. The molecule has 1 fully saturated rings. The van der Waals surface area contributed by atoms with Crippen LogP contribution in [-0.2, 0) is 22.6 Å². The minimum Gasteiger partial charge on any atom is -0.391 e. The molecule has 1 aromatic carbocycles. The fourth-order valence-corrected chi connectivity index (χ4v) is 6.59. The summed E-state index contributed by atoms with van der Waals surface area (Å²) in [5, 5.41) is 18.4. The molecule has 0 spiro atoms. The first-order valence-electron chi connectivity index (χ1n) is 16.0. The molecule has 5 N–H and O–H groups in total. The second-order valence-corrected chi connectivity index (χ2v) is 12.9. The standard InChI is InChI=1S/C34H46N6O4/c1-21(2)13-14-36-32(42)22(3)15-30(41)28(16-23-9-5-4-6-10-23)39-33(43)29(17-24-18-35-20-37-24)40-19-26-25-11-7-8-12-27(25)38-31(26)34(40)44/h7-8,11-12,18,20-21,23,28-30,38,41H,3-6,9-10,13-17,19H2,1-2H3,(H,35,37)(H,36,42)(H,39,43). The lowest BCUT2D eigenvalue weighted by atomic mass is 9.83. The molecular formula is C34H46N6O4. The van der Waals surface area contributed by atoms with Crippen molar-refractivity contribution in [2.45, 2.75) is 96.4 Å². The summed E-state index contributed by atoms with van der Waals surface area (Å²) >= 11 is 0. The van der Waals surface area contributed by atoms with Gasteiger partial charge in [-0.05, 0) is 30.7 Å². The van der Waals surface area contributed by atoms with Gasteiger partial charge in [-0.3, -0.25) is 14.4 Å². The lowest BCUT2D eigenvalue weighted by molar-refractivity contribution is -0.127. The fraction of sp³-hybridized carbons (Fsp3) is 0.529. The summed E-state index contributed by atoms with van der Waals surface area (Å²) in [4.78, 5) is 52.7. The molecule has 0 bridgehead atoms. The molecule has 5 rings (SSSR count). The quantitative estimate of drug-likeness (QED) is 0.174. The molecule has 1 saturated carbocycles. The number of amides is 3. The average molecular weight is 603 g/mol. The molecule has 0 saturated heterocycles. The van der Waals surface area contributed by atoms with Crippen LogP contribution in [0, 0.1) is 11.8 Å². The summed E-state index contributed by atoms with van der Waals surface area (Å²) in [6.07, 6.45) is 9.54. The van der Waals surface area contributed by atoms with E-state index < -0.39 is 18.2 Å². The van der Waals surface area contributed by atoms with Crippen molar-refractivity contribution >= 4 is 28.6 Å². The highest BCUT2D eigenvalue weighted by Crippen LogP contribution is 2.33. The van der Waals surface area contributed by atoms with Crippen LogP contribution in [0.1, 0.15) is 87.0 Å². The molecule has 3 aromatic rings. The third-order valence-corrected chi connectivity index (χ3v) is 9.14. The molecule has 3 atom stereocenters. The first-order valence-corrected chi connectivity index (χ1v) is 16.0. The van der Waals surface area contributed by atoms with Gasteiger partial charge in [-0.2, -0.15) is 0 Å². The molecule has 1 aliphatic heterocycles. The highest BCUT2D eigenvalue weighted by molar-refractivity contribution is 6.05. The Hall–Kier alpha value is -3.92. The number of aliphatic hydroxyl groups is 1. The van der Waals surface area contributed by atoms with Crippen molar-refractivity contribution in [1.29, 1.82) is 0 Å². The van der Waals surface area contributed by atoms with Crippen LogP contribution in [0.2, 0.25) is 0 Å². The van der Waals surface area contributed by atoms with Crippen LogP contribution in [-0.4, -0.2) is 67.4 Å². The number of hydrogen-bond donors (Lipinski definition) is 5. The summed E-state index contributed by atoms with van der Waals surface area (Å²) < 4.78 is 0. The van der Waals surface area contributed by atoms with Gasteiger partial charge in [-0.1, -0.05) is 70.7 Å². The van der Waals surface area contributed by atoms with Crippen molar-refractivity contribution in [1.82, 2.24) is 30.5 Å². The molecule has 10 heteroatoms. The lowest BCUT2D eigenvalue weighted by Crippen LogP contribution is -2.54. The van der Waals surface area contributed by atoms with Gasteiger partial charge in [0.25, 0.3) is 5.91 Å². The van der Waals surface area contributed by atoms with E-state index in [1.807, 2.05) is 24.3 Å². The minimum atomic E-state index is -0.999. The Labute approximate surface area is 259 Å². The maximum absolute atomic E-state index is 14.2. The number of carbonyl (C=O) groups excluding carboxylic acids is 3. The molecule has 3 heterocycles. The number of rotatable bonds is 14. The number of H-pyrrole nitrogens is 2. The van der Waals surface area contributed by atoms with Crippen LogP contribution in [0.25, 0.3) is 10.9 Å². The maximum atomic E-state index is 14.2. The molecule has 2 aromatic heterocycles. The molecule has 3 unspecified atom stereocenters. The molecule has 1 aliphatic carbocycles. The Morgan fingerprint density at radius 1 is 1.18 bits per heavy atom. The van der Waals surface area contributed by atoms with Gasteiger partial charge < -0.3 is 30.6 Å². The van der Waals surface area contributed by atoms with Gasteiger partial charge in [0.15, 0.2) is 0 Å². The van der Waals surface area contributed by atoms with Gasteiger partial charge >= 0.3 is 0 Å². The molecular weight excluding hydrogens is 556 g/mol. The zero-order valence-electron chi connectivity index (χ0n) is 25.9. The predicted octanol–water partition coefficient (Wildman–Crippen LogP) is 4.38. The number of hydrogen-bond acceptors (Lipinski definition) is 5. The smallest absolute Gasteiger partial charge is 0.271 e. The zero-order chi connectivity index (χ0) is 31.2. The number of fused-ring (bicyclic) bond motifs is 3. The topological polar surface area (TPSA) is 143 Å². The summed E-state index contributed by atoms with van der Waals surface area (Å²) in [7, 11) is 0. The largest absolute Gasteiger partial charge is 0.391 e. The van der Waals surface area contributed by atoms with E-state index in [9.17, 15) is 19.5 Å². The number of aromatic amines is 2. The average Bonchev–Trinajstić information content (AvgIpc) is 3.73. The number of benzene rings is 1. The van der Waals surface area contributed by atoms with Crippen LogP contribution in [0.3, 0.4) is 0 Å². The third-order valence-electron chi connectivity index (χ3n) is 9.14. The number of aliphatic hydroxyl groups excluding tert-OH is 1. The second kappa shape index (κ2) is 14.2. The van der Waals surface area contributed by atoms with E-state index in [0.717, 1.165) is 48.6 Å². The Bertz CT molecular complexity index is 1460. The second-order valence-electron chi connectivity index (χ2n) is 12.9. The molecule has 0 radical (unpaired) electrons. The van der Waals surface area contributed by atoms with Crippen LogP contribution in [0.15, 0.2) is 48.9 Å². The van der Waals surface area contributed by atoms with E-state index in [2.05, 4.69) is 46.0 Å². The Balaban J connectivity index is 1.34. The molecule has 44 heavy (non-hydrogen) atoms. The number of imidazole rings is 1. The number of nitrogens with one attached hydrogen (secondary N) is 4. The van der Waals surface area contributed by atoms with Crippen LogP contribution in [0.4, 0.5) is 0 Å². The van der Waals surface area contributed by atoms with Gasteiger partial charge in [0.05, 0.1) is 24.2 Å². The van der Waals surface area contributed by atoms with Crippen molar-refractivity contribution in [3.63, 3.8) is 0 Å². The van der Waals surface area contributed by atoms with E-state index in [1.54, 1.807) is 17.4 Å². The van der Waals surface area contributed by atoms with E-state index in [1.165, 1.54) is 6.42 Å². The molecule has 10 nitrogen and oxygen atoms in total. The maximum Gasteiger partial charge on any atom is 0.271 e. The number of nitrogens with zero attached hydrogens (tertiary/aromatic N) is 2. The van der Waals surface area contributed by atoms with Crippen molar-refractivity contribution in [3.05, 3.63) is 65.9 Å². The number of para-hydroxylation sites is 1. The minimum absolute atomic E-state index is 0.0500. The molecule has 2 aliphatic rings. The van der Waals surface area contributed by atoms with E-state index in [4.69, 9.17) is 0 Å². The normalized spacial score (nSPS) is 17.5. The first-order chi connectivity index (χ1) is 21.2. The molecule has 3 amide bonds. The zero-order valence-corrected chi connectivity index (χ0v) is 25.9. The van der Waals surface area contributed by atoms with E-state index in [-0.39, 0.29) is 36.1 Å². The fourth-order valence-electron chi connectivity index (χ4n) is 6.59. The van der Waals surface area contributed by atoms with Crippen molar-refractivity contribution in [2.24, 2.45) is 11.8 Å². The van der Waals surface area contributed by atoms with E-state index >= 15 is 0 Å². The van der Waals surface area contributed by atoms with Gasteiger partial charge in [-0.25, -0.2) is 4.98 Å². The van der Waals surface area contributed by atoms with Gasteiger partial charge in [0.2, 0.25) is 11.8 Å². The SMILES string of the molecule is C=C(CC(O)C(CC1CCCCC1)NC(=O)C(Cc1c[nH]cn1)N1Cc2c([nH]c3ccccc23)C1=O)C(=O)NCCC(C)C. The van der Waals surface area contributed by atoms with Crippen molar-refractivity contribution < 1.29 is 19.5 Å². The van der Waals surface area contributed by atoms with Crippen LogP contribution < -0.4 is 10.6 Å². The Morgan fingerprint density at radius 2 is 1.95 bits per heavy atom. The summed E-state index contributed by atoms with van der Waals surface area (Å²) in [6.45, 7) is 8.98. The highest BCUT2D eigenvalue weighted by atomic mass is 16.3. The van der Waals surface area contributed by atoms with Crippen LogP contribution >= 0.6 is 0 Å². The Morgan fingerprint density at radius 3 is 2.68 bits per heavy atom. The predicted molar refractivity (Wildman–Crippen MR) is 170 cm³/mol. The summed E-state index contributed by atoms with van der Waals surface area (Å²) in [5.41, 5.74) is 3.23. The monoisotopic (exact) mass is 602 g/mol. The van der Waals surface area contributed by atoms with Gasteiger partial charge in [0.1, 0.15) is 11.7 Å². The van der Waals surface area contributed by atoms with Crippen molar-refractivity contribution in [3.8, 4) is 0 Å². The highest BCUT2D eigenvalue weighted by Gasteiger charge is 2.40. The Kier molecular flexibility index (Phi) is 10.2. The van der Waals surface area contributed by atoms with Crippen molar-refractivity contribution in [2.75, 3.05) is 6.54 Å². The third kappa shape index (κ3) is 7.41. The first kappa shape index (κ1) is 31.5. The van der Waals surface area contributed by atoms with Crippen LogP contribution in [0.5, 0.6) is 0 Å². The van der Waals surface area contributed by atoms with E-state index in [0.29, 0.717) is 42.7 Å².